The molecule has 2 aliphatic rings. The molecule has 1 saturated carbocycles. The Hall–Kier alpha value is -1.32. The van der Waals surface area contributed by atoms with E-state index in [4.69, 9.17) is 10.8 Å². The Morgan fingerprint density at radius 1 is 1.18 bits per heavy atom. The minimum atomic E-state index is -0.536. The van der Waals surface area contributed by atoms with E-state index in [1.165, 1.54) is 0 Å². The molecule has 0 unspecified atom stereocenters. The number of allylic oxidation sites excluding steroid dienone is 2. The SMILES string of the molecule is [2H]C1=C[C@@H]2C[C@H]1[C@@H](C(=O)OCC)[C@@H]2C(=O)OCC. The van der Waals surface area contributed by atoms with Crippen molar-refractivity contribution in [3.05, 3.63) is 12.1 Å². The van der Waals surface area contributed by atoms with Crippen LogP contribution >= 0.6 is 0 Å². The van der Waals surface area contributed by atoms with Crippen molar-refractivity contribution in [3.8, 4) is 0 Å². The van der Waals surface area contributed by atoms with Crippen molar-refractivity contribution < 1.29 is 20.4 Å². The Bertz CT molecular complexity index is 390. The molecule has 4 atom stereocenters. The first-order valence-corrected chi connectivity index (χ1v) is 6.11. The maximum absolute atomic E-state index is 12.0. The van der Waals surface area contributed by atoms with Gasteiger partial charge in [-0.25, -0.2) is 0 Å². The molecule has 94 valence electrons. The largest absolute Gasteiger partial charge is 0.466 e. The molecule has 2 bridgehead atoms. The first kappa shape index (κ1) is 10.8. The van der Waals surface area contributed by atoms with Crippen LogP contribution in [0.15, 0.2) is 12.1 Å². The lowest BCUT2D eigenvalue weighted by Gasteiger charge is -2.24. The van der Waals surface area contributed by atoms with Gasteiger partial charge in [0.15, 0.2) is 0 Å². The molecule has 0 aliphatic heterocycles. The van der Waals surface area contributed by atoms with E-state index in [1.807, 2.05) is 0 Å². The Kier molecular flexibility index (Phi) is 3.12. The average molecular weight is 239 g/mol. The fraction of sp³-hybridized carbons (Fsp3) is 0.692. The average Bonchev–Trinajstić information content (AvgIpc) is 2.85. The fourth-order valence-corrected chi connectivity index (χ4v) is 2.80. The highest BCUT2D eigenvalue weighted by Gasteiger charge is 2.52. The lowest BCUT2D eigenvalue weighted by atomic mass is 9.83. The van der Waals surface area contributed by atoms with Gasteiger partial charge in [0.1, 0.15) is 0 Å². The van der Waals surface area contributed by atoms with Crippen molar-refractivity contribution in [1.29, 1.82) is 0 Å². The smallest absolute Gasteiger partial charge is 0.310 e. The van der Waals surface area contributed by atoms with Gasteiger partial charge in [-0.15, -0.1) is 0 Å². The van der Waals surface area contributed by atoms with E-state index in [1.54, 1.807) is 19.9 Å². The maximum atomic E-state index is 12.0. The summed E-state index contributed by atoms with van der Waals surface area (Å²) in [6.07, 6.45) is 2.47. The molecular formula is C13H18O4. The highest BCUT2D eigenvalue weighted by Crippen LogP contribution is 2.48. The number of carbonyl (C=O) groups is 2. The second kappa shape index (κ2) is 4.90. The highest BCUT2D eigenvalue weighted by molar-refractivity contribution is 5.84. The van der Waals surface area contributed by atoms with Crippen molar-refractivity contribution in [2.24, 2.45) is 23.7 Å². The number of hydrogen-bond donors (Lipinski definition) is 0. The Morgan fingerprint density at radius 2 is 1.71 bits per heavy atom. The third kappa shape index (κ3) is 2.08. The molecule has 0 heterocycles. The zero-order valence-corrected chi connectivity index (χ0v) is 10.1. The van der Waals surface area contributed by atoms with Gasteiger partial charge >= 0.3 is 11.9 Å². The summed E-state index contributed by atoms with van der Waals surface area (Å²) >= 11 is 0. The molecule has 0 N–H and O–H groups in total. The van der Waals surface area contributed by atoms with Crippen LogP contribution in [0.5, 0.6) is 0 Å². The molecule has 2 rings (SSSR count). The molecule has 0 amide bonds. The summed E-state index contributed by atoms with van der Waals surface area (Å²) in [5, 5.41) is 0. The number of carbonyl (C=O) groups excluding carboxylic acids is 2. The number of fused-ring (bicyclic) bond motifs is 2. The third-order valence-electron chi connectivity index (χ3n) is 3.45. The number of ether oxygens (including phenoxy) is 2. The summed E-state index contributed by atoms with van der Waals surface area (Å²) in [6.45, 7) is 4.08. The summed E-state index contributed by atoms with van der Waals surface area (Å²) < 4.78 is 17.9. The van der Waals surface area contributed by atoms with Crippen molar-refractivity contribution in [1.82, 2.24) is 0 Å². The standard InChI is InChI=1S/C13H18O4/c1-3-16-12(14)10-8-5-6-9(7-8)11(10)13(15)17-4-2/h5-6,8-11H,3-4,7H2,1-2H3/t8-,9+,10-,11-/m1/s1/i5D/t8-,9+,10+,11+/m0. The molecule has 0 aromatic heterocycles. The van der Waals surface area contributed by atoms with E-state index < -0.39 is 11.8 Å². The quantitative estimate of drug-likeness (QED) is 0.551. The topological polar surface area (TPSA) is 52.6 Å². The zero-order valence-electron chi connectivity index (χ0n) is 11.1. The van der Waals surface area contributed by atoms with Crippen molar-refractivity contribution in [2.75, 3.05) is 13.2 Å². The van der Waals surface area contributed by atoms with Crippen LogP contribution in [0.1, 0.15) is 21.6 Å². The van der Waals surface area contributed by atoms with Crippen LogP contribution < -0.4 is 0 Å². The third-order valence-corrected chi connectivity index (χ3v) is 3.45. The van der Waals surface area contributed by atoms with Gasteiger partial charge in [0.05, 0.1) is 26.4 Å². The number of esters is 2. The van der Waals surface area contributed by atoms with E-state index in [0.29, 0.717) is 25.7 Å². The molecule has 0 spiro atoms. The molecular weight excluding hydrogens is 220 g/mol. The molecule has 17 heavy (non-hydrogen) atoms. The highest BCUT2D eigenvalue weighted by atomic mass is 16.5. The van der Waals surface area contributed by atoms with Gasteiger partial charge in [0, 0.05) is 0 Å². The fourth-order valence-electron chi connectivity index (χ4n) is 2.80. The van der Waals surface area contributed by atoms with Crippen LogP contribution in [-0.4, -0.2) is 25.2 Å². The van der Waals surface area contributed by atoms with Gasteiger partial charge in [0.2, 0.25) is 0 Å². The zero-order chi connectivity index (χ0) is 13.3. The van der Waals surface area contributed by atoms with Gasteiger partial charge in [-0.3, -0.25) is 9.59 Å². The summed E-state index contributed by atoms with van der Waals surface area (Å²) in [4.78, 5) is 23.9. The molecule has 0 saturated heterocycles. The predicted molar refractivity (Wildman–Crippen MR) is 61.0 cm³/mol. The predicted octanol–water partition coefficient (Wildman–Crippen LogP) is 1.55. The Balaban J connectivity index is 2.21. The summed E-state index contributed by atoms with van der Waals surface area (Å²) in [5.74, 6) is -1.94. The van der Waals surface area contributed by atoms with E-state index in [-0.39, 0.29) is 23.8 Å². The first-order valence-electron chi connectivity index (χ1n) is 6.61. The second-order valence-electron chi connectivity index (χ2n) is 4.40. The van der Waals surface area contributed by atoms with Gasteiger partial charge in [-0.1, -0.05) is 12.1 Å². The van der Waals surface area contributed by atoms with Gasteiger partial charge in [-0.05, 0) is 32.1 Å². The van der Waals surface area contributed by atoms with E-state index in [9.17, 15) is 9.59 Å². The summed E-state index contributed by atoms with van der Waals surface area (Å²) in [6, 6.07) is 0.457. The van der Waals surface area contributed by atoms with Crippen molar-refractivity contribution in [3.63, 3.8) is 0 Å². The van der Waals surface area contributed by atoms with Crippen LogP contribution in [0.3, 0.4) is 0 Å². The van der Waals surface area contributed by atoms with Gasteiger partial charge < -0.3 is 9.47 Å². The summed E-state index contributed by atoms with van der Waals surface area (Å²) in [7, 11) is 0. The van der Waals surface area contributed by atoms with Gasteiger partial charge in [0.25, 0.3) is 0 Å². The number of rotatable bonds is 4. The molecule has 4 nitrogen and oxygen atoms in total. The molecule has 2 aliphatic carbocycles. The molecule has 0 radical (unpaired) electrons. The second-order valence-corrected chi connectivity index (χ2v) is 4.40. The van der Waals surface area contributed by atoms with Crippen molar-refractivity contribution >= 4 is 11.9 Å². The van der Waals surface area contributed by atoms with Crippen LogP contribution in [-0.2, 0) is 19.1 Å². The minimum absolute atomic E-state index is 0.0454. The molecule has 1 fully saturated rings. The molecule has 0 aromatic carbocycles. The van der Waals surface area contributed by atoms with E-state index in [0.717, 1.165) is 0 Å². The van der Waals surface area contributed by atoms with Gasteiger partial charge in [-0.2, -0.15) is 0 Å². The van der Waals surface area contributed by atoms with Crippen LogP contribution in [0, 0.1) is 23.7 Å². The molecule has 4 heteroatoms. The number of hydrogen-bond acceptors (Lipinski definition) is 4. The van der Waals surface area contributed by atoms with E-state index in [2.05, 4.69) is 0 Å². The Morgan fingerprint density at radius 3 is 2.24 bits per heavy atom. The first-order chi connectivity index (χ1) is 8.60. The van der Waals surface area contributed by atoms with Crippen molar-refractivity contribution in [2.45, 2.75) is 20.3 Å². The van der Waals surface area contributed by atoms with E-state index >= 15 is 0 Å². The van der Waals surface area contributed by atoms with Crippen LogP contribution in [0.25, 0.3) is 0 Å². The van der Waals surface area contributed by atoms with Crippen LogP contribution in [0.4, 0.5) is 0 Å². The monoisotopic (exact) mass is 239 g/mol. The maximum Gasteiger partial charge on any atom is 0.310 e. The summed E-state index contributed by atoms with van der Waals surface area (Å²) in [5.41, 5.74) is 0. The molecule has 0 aromatic rings. The van der Waals surface area contributed by atoms with Crippen LogP contribution in [0.2, 0.25) is 0 Å². The lowest BCUT2D eigenvalue weighted by Crippen LogP contribution is -2.35. The lowest BCUT2D eigenvalue weighted by molar-refractivity contribution is -0.160. The minimum Gasteiger partial charge on any atom is -0.466 e. The normalized spacial score (nSPS) is 35.2. The Labute approximate surface area is 102 Å².